The zero-order valence-corrected chi connectivity index (χ0v) is 63.0. The fraction of sp³-hybridized carbons (Fsp3) is 0.0349. The van der Waals surface area contributed by atoms with Crippen LogP contribution in [0.2, 0.25) is 0 Å². The van der Waals surface area contributed by atoms with Gasteiger partial charge in [-0.2, -0.15) is 0 Å². The summed E-state index contributed by atoms with van der Waals surface area (Å²) in [6.07, 6.45) is 12.6. The molecular formula is C86H66Ir4N7-7. The third-order valence-electron chi connectivity index (χ3n) is 13.5. The predicted molar refractivity (Wildman–Crippen MR) is 379 cm³/mol. The van der Waals surface area contributed by atoms with E-state index >= 15 is 0 Å². The normalized spacial score (nSPS) is 9.47. The fourth-order valence-electron chi connectivity index (χ4n) is 8.81. The Bertz CT molecular complexity index is 4020. The average molecular weight is 1970 g/mol. The Morgan fingerprint density at radius 3 is 0.835 bits per heavy atom. The van der Waals surface area contributed by atoms with Gasteiger partial charge in [0.1, 0.15) is 0 Å². The van der Waals surface area contributed by atoms with Gasteiger partial charge in [-0.05, 0) is 89.2 Å². The summed E-state index contributed by atoms with van der Waals surface area (Å²) in [5, 5.41) is 0. The summed E-state index contributed by atoms with van der Waals surface area (Å²) in [5.41, 5.74) is 20.2. The average Bonchev–Trinajstić information content (AvgIpc) is 1.25. The molecule has 8 aromatic carbocycles. The first-order valence-electron chi connectivity index (χ1n) is 30.2. The van der Waals surface area contributed by atoms with Crippen molar-refractivity contribution in [3.05, 3.63) is 406 Å². The molecule has 0 atom stereocenters. The first-order valence-corrected chi connectivity index (χ1v) is 30.2. The van der Waals surface area contributed by atoms with Crippen molar-refractivity contribution < 1.29 is 80.4 Å². The van der Waals surface area contributed by atoms with Crippen LogP contribution in [0.25, 0.3) is 89.9 Å². The maximum absolute atomic E-state index is 4.32. The minimum absolute atomic E-state index is 0. The van der Waals surface area contributed by atoms with Crippen LogP contribution in [0, 0.1) is 63.2 Å². The van der Waals surface area contributed by atoms with Crippen LogP contribution in [0.5, 0.6) is 0 Å². The number of pyridine rings is 7. The van der Waals surface area contributed by atoms with Crippen molar-refractivity contribution in [3.8, 4) is 89.9 Å². The molecule has 488 valence electrons. The number of hydrogen-bond acceptors (Lipinski definition) is 7. The van der Waals surface area contributed by atoms with Gasteiger partial charge in [-0.15, -0.1) is 244 Å². The van der Waals surface area contributed by atoms with Gasteiger partial charge < -0.3 is 34.9 Å². The van der Waals surface area contributed by atoms with Crippen LogP contribution in [0.4, 0.5) is 0 Å². The molecule has 4 radical (unpaired) electrons. The molecule has 0 bridgehead atoms. The molecule has 11 heteroatoms. The van der Waals surface area contributed by atoms with Crippen molar-refractivity contribution in [1.29, 1.82) is 0 Å². The second-order valence-electron chi connectivity index (χ2n) is 20.5. The molecule has 0 saturated carbocycles. The number of nitrogens with zero attached hydrogens (tertiary/aromatic N) is 7. The number of benzene rings is 8. The molecule has 0 amide bonds. The van der Waals surface area contributed by atoms with E-state index in [1.54, 1.807) is 37.2 Å². The van der Waals surface area contributed by atoms with E-state index in [2.05, 4.69) is 141 Å². The maximum atomic E-state index is 4.32. The maximum Gasteiger partial charge on any atom is 0.0163 e. The molecule has 0 aliphatic carbocycles. The molecule has 7 nitrogen and oxygen atoms in total. The summed E-state index contributed by atoms with van der Waals surface area (Å²) >= 11 is 0. The van der Waals surface area contributed by atoms with Gasteiger partial charge in [-0.1, -0.05) is 140 Å². The van der Waals surface area contributed by atoms with Crippen LogP contribution in [0.1, 0.15) is 16.7 Å². The zero-order valence-electron chi connectivity index (χ0n) is 53.4. The van der Waals surface area contributed by atoms with E-state index in [1.165, 1.54) is 27.8 Å². The number of aryl methyl sites for hydroxylation is 3. The third-order valence-corrected chi connectivity index (χ3v) is 13.5. The van der Waals surface area contributed by atoms with Gasteiger partial charge in [0, 0.05) is 124 Å². The van der Waals surface area contributed by atoms with Gasteiger partial charge in [0.25, 0.3) is 0 Å². The van der Waals surface area contributed by atoms with Crippen LogP contribution in [-0.2, 0) is 80.4 Å². The first-order chi connectivity index (χ1) is 45.9. The van der Waals surface area contributed by atoms with Gasteiger partial charge in [-0.25, -0.2) is 0 Å². The third kappa shape index (κ3) is 27.2. The molecule has 0 unspecified atom stereocenters. The van der Waals surface area contributed by atoms with E-state index in [1.807, 2.05) is 267 Å². The van der Waals surface area contributed by atoms with Crippen LogP contribution >= 0.6 is 0 Å². The van der Waals surface area contributed by atoms with Crippen molar-refractivity contribution in [3.63, 3.8) is 0 Å². The van der Waals surface area contributed by atoms with Crippen LogP contribution in [-0.4, -0.2) is 34.9 Å². The summed E-state index contributed by atoms with van der Waals surface area (Å²) < 4.78 is 0. The van der Waals surface area contributed by atoms with Crippen molar-refractivity contribution >= 4 is 0 Å². The fourth-order valence-corrected chi connectivity index (χ4v) is 8.81. The summed E-state index contributed by atoms with van der Waals surface area (Å²) in [6.45, 7) is 6.19. The summed E-state index contributed by atoms with van der Waals surface area (Å²) in [7, 11) is 0. The molecular weight excluding hydrogens is 1900 g/mol. The molecule has 7 heterocycles. The molecule has 0 spiro atoms. The van der Waals surface area contributed by atoms with Crippen LogP contribution in [0.3, 0.4) is 0 Å². The monoisotopic (exact) mass is 1970 g/mol. The van der Waals surface area contributed by atoms with E-state index in [-0.39, 0.29) is 80.4 Å². The van der Waals surface area contributed by atoms with Gasteiger partial charge in [0.2, 0.25) is 0 Å². The molecule has 0 fully saturated rings. The number of rotatable bonds is 8. The molecule has 7 aromatic heterocycles. The summed E-state index contributed by atoms with van der Waals surface area (Å²) in [4.78, 5) is 29.8. The topological polar surface area (TPSA) is 90.2 Å². The Morgan fingerprint density at radius 1 is 0.196 bits per heavy atom. The standard InChI is InChI=1S/C17H12N.3C12H10N.3C11H8N.4Ir/c1-2-6-14(7-3-1)15-9-11-16(12-10-15)17-8-4-5-13-18-17;1-10-5-4-6-11(9-10)12-7-2-3-8-13-12;1-10-5-7-11(8-6-10)12-4-2-3-9-13-12;1-10-7-8-13-12(9-10)11-5-3-2-4-6-11;3*1-2-6-10(7-3-1)11-8-4-5-9-12-11;;;;/h1-11,13H;2-5,7-9H,1H3;2-7,9H,1H3;2-5,7-9H,1H3;3*1-6,8-9H;;;;/q7*-1;;;;. The van der Waals surface area contributed by atoms with E-state index in [0.717, 1.165) is 78.8 Å². The van der Waals surface area contributed by atoms with Crippen molar-refractivity contribution in [2.75, 3.05) is 0 Å². The Hall–Kier alpha value is -9.59. The minimum atomic E-state index is 0. The van der Waals surface area contributed by atoms with Gasteiger partial charge in [0.15, 0.2) is 0 Å². The second-order valence-corrected chi connectivity index (χ2v) is 20.5. The molecule has 0 aliphatic heterocycles. The number of hydrogen-bond donors (Lipinski definition) is 0. The molecule has 0 aliphatic rings. The molecule has 15 rings (SSSR count). The van der Waals surface area contributed by atoms with E-state index in [0.29, 0.717) is 0 Å². The largest absolute Gasteiger partial charge is 0.305 e. The van der Waals surface area contributed by atoms with E-state index < -0.39 is 0 Å². The molecule has 0 N–H and O–H groups in total. The summed E-state index contributed by atoms with van der Waals surface area (Å²) in [6, 6.07) is 121. The summed E-state index contributed by atoms with van der Waals surface area (Å²) in [5.74, 6) is 0. The Labute approximate surface area is 626 Å². The van der Waals surface area contributed by atoms with E-state index in [4.69, 9.17) is 0 Å². The van der Waals surface area contributed by atoms with E-state index in [9.17, 15) is 0 Å². The van der Waals surface area contributed by atoms with Crippen LogP contribution < -0.4 is 0 Å². The smallest absolute Gasteiger partial charge is 0.0163 e. The Morgan fingerprint density at radius 2 is 0.515 bits per heavy atom. The van der Waals surface area contributed by atoms with Gasteiger partial charge >= 0.3 is 0 Å². The predicted octanol–water partition coefficient (Wildman–Crippen LogP) is 20.4. The number of aromatic nitrogens is 7. The minimum Gasteiger partial charge on any atom is -0.305 e. The molecule has 97 heavy (non-hydrogen) atoms. The Kier molecular flexibility index (Phi) is 36.2. The van der Waals surface area contributed by atoms with Gasteiger partial charge in [0.05, 0.1) is 0 Å². The SMILES string of the molecule is Cc1c[c-]c(-c2ccccn2)cc1.Cc1cc[c-]c(-c2ccccn2)c1.Cc1ccnc(-c2[c-]cccc2)c1.[Ir].[Ir].[Ir].[Ir].[c-]1cc(-c2ccccc2)ccc1-c1ccccn1.[c-]1ccccc1-c1ccccn1.[c-]1ccccc1-c1ccccn1.[c-]1ccccc1-c1ccccn1. The quantitative estimate of drug-likeness (QED) is 0.140. The van der Waals surface area contributed by atoms with Crippen molar-refractivity contribution in [2.45, 2.75) is 20.8 Å². The zero-order chi connectivity index (χ0) is 64.2. The molecule has 15 aromatic rings. The first kappa shape index (κ1) is 78.1. The van der Waals surface area contributed by atoms with Crippen molar-refractivity contribution in [1.82, 2.24) is 34.9 Å². The second kappa shape index (κ2) is 45.0. The van der Waals surface area contributed by atoms with Crippen LogP contribution in [0.15, 0.2) is 347 Å². The van der Waals surface area contributed by atoms with Gasteiger partial charge in [-0.3, -0.25) is 0 Å². The van der Waals surface area contributed by atoms with Crippen molar-refractivity contribution in [2.24, 2.45) is 0 Å². The molecule has 0 saturated heterocycles. The Balaban J connectivity index is 0.000000204.